The average Bonchev–Trinajstić information content (AvgIpc) is 2.77. The lowest BCUT2D eigenvalue weighted by Gasteiger charge is -2.07. The first kappa shape index (κ1) is 23.5. The van der Waals surface area contributed by atoms with Gasteiger partial charge in [-0.2, -0.15) is 0 Å². The fourth-order valence-electron chi connectivity index (χ4n) is 2.82. The quantitative estimate of drug-likeness (QED) is 0.148. The van der Waals surface area contributed by atoms with Crippen molar-refractivity contribution < 1.29 is 19.0 Å². The van der Waals surface area contributed by atoms with Crippen molar-refractivity contribution in [2.24, 2.45) is 0 Å². The van der Waals surface area contributed by atoms with Crippen LogP contribution in [0.5, 0.6) is 17.2 Å². The van der Waals surface area contributed by atoms with Crippen LogP contribution in [-0.4, -0.2) is 19.2 Å². The molecule has 30 heavy (non-hydrogen) atoms. The lowest BCUT2D eigenvalue weighted by atomic mass is 10.2. The topological polar surface area (TPSA) is 44.8 Å². The molecular weight excluding hydrogens is 376 g/mol. The van der Waals surface area contributed by atoms with Crippen molar-refractivity contribution in [2.75, 3.05) is 13.2 Å². The maximum absolute atomic E-state index is 12.0. The minimum absolute atomic E-state index is 0.415. The predicted octanol–water partition coefficient (Wildman–Crippen LogP) is 6.83. The molecule has 0 bridgehead atoms. The zero-order chi connectivity index (χ0) is 21.4. The molecule has 2 rings (SSSR count). The molecule has 0 aliphatic rings. The number of hydrogen-bond donors (Lipinski definition) is 0. The summed E-state index contributed by atoms with van der Waals surface area (Å²) in [5, 5.41) is 0. The third-order valence-electron chi connectivity index (χ3n) is 4.62. The van der Waals surface area contributed by atoms with Gasteiger partial charge in [0.1, 0.15) is 17.2 Å². The molecule has 0 saturated carbocycles. The first-order valence-electron chi connectivity index (χ1n) is 11.1. The molecule has 2 aromatic carbocycles. The second-order valence-electron chi connectivity index (χ2n) is 7.26. The Morgan fingerprint density at radius 1 is 0.700 bits per heavy atom. The number of rotatable bonds is 14. The molecule has 0 radical (unpaired) electrons. The van der Waals surface area contributed by atoms with Crippen LogP contribution in [-0.2, 0) is 4.79 Å². The zero-order valence-corrected chi connectivity index (χ0v) is 18.3. The Labute approximate surface area is 180 Å². The average molecular weight is 411 g/mol. The molecule has 2 aromatic rings. The Balaban J connectivity index is 1.72. The molecule has 0 aromatic heterocycles. The molecule has 0 heterocycles. The van der Waals surface area contributed by atoms with Crippen LogP contribution in [0, 0.1) is 0 Å². The highest BCUT2D eigenvalue weighted by molar-refractivity contribution is 5.88. The van der Waals surface area contributed by atoms with Crippen LogP contribution in [0.1, 0.15) is 64.4 Å². The van der Waals surface area contributed by atoms with Crippen LogP contribution in [0.3, 0.4) is 0 Å². The van der Waals surface area contributed by atoms with Gasteiger partial charge in [-0.1, -0.05) is 58.1 Å². The van der Waals surface area contributed by atoms with Gasteiger partial charge in [0, 0.05) is 6.08 Å². The first-order valence-corrected chi connectivity index (χ1v) is 11.1. The number of ether oxygens (including phenoxy) is 3. The first-order chi connectivity index (χ1) is 14.7. The number of benzene rings is 2. The molecule has 0 amide bonds. The lowest BCUT2D eigenvalue weighted by molar-refractivity contribution is -0.128. The van der Waals surface area contributed by atoms with E-state index in [4.69, 9.17) is 14.2 Å². The monoisotopic (exact) mass is 410 g/mol. The van der Waals surface area contributed by atoms with E-state index < -0.39 is 5.97 Å². The van der Waals surface area contributed by atoms with Crippen LogP contribution in [0.4, 0.5) is 0 Å². The fraction of sp³-hybridized carbons (Fsp3) is 0.423. The van der Waals surface area contributed by atoms with Crippen LogP contribution in [0.25, 0.3) is 6.08 Å². The van der Waals surface area contributed by atoms with Gasteiger partial charge >= 0.3 is 5.97 Å². The number of hydrogen-bond acceptors (Lipinski definition) is 4. The smallest absolute Gasteiger partial charge is 0.336 e. The van der Waals surface area contributed by atoms with Crippen LogP contribution in [0.15, 0.2) is 54.6 Å². The summed E-state index contributed by atoms with van der Waals surface area (Å²) in [5.41, 5.74) is 0.918. The van der Waals surface area contributed by atoms with E-state index in [0.29, 0.717) is 12.4 Å². The molecule has 0 N–H and O–H groups in total. The summed E-state index contributed by atoms with van der Waals surface area (Å²) in [4.78, 5) is 12.0. The van der Waals surface area contributed by atoms with Crippen molar-refractivity contribution >= 4 is 12.0 Å². The molecule has 0 aliphatic carbocycles. The van der Waals surface area contributed by atoms with Crippen LogP contribution < -0.4 is 14.2 Å². The summed E-state index contributed by atoms with van der Waals surface area (Å²) in [5.74, 6) is 1.71. The second-order valence-corrected chi connectivity index (χ2v) is 7.26. The number of esters is 1. The molecule has 162 valence electrons. The Hall–Kier alpha value is -2.75. The van der Waals surface area contributed by atoms with Gasteiger partial charge in [0.05, 0.1) is 13.2 Å². The van der Waals surface area contributed by atoms with Crippen molar-refractivity contribution in [2.45, 2.75) is 58.8 Å². The van der Waals surface area contributed by atoms with E-state index in [9.17, 15) is 4.79 Å². The highest BCUT2D eigenvalue weighted by Crippen LogP contribution is 2.19. The van der Waals surface area contributed by atoms with Crippen molar-refractivity contribution in [3.8, 4) is 17.2 Å². The van der Waals surface area contributed by atoms with E-state index in [2.05, 4.69) is 13.8 Å². The number of carbonyl (C=O) groups excluding carboxylic acids is 1. The van der Waals surface area contributed by atoms with Crippen LogP contribution in [0.2, 0.25) is 0 Å². The maximum atomic E-state index is 12.0. The maximum Gasteiger partial charge on any atom is 0.336 e. The summed E-state index contributed by atoms with van der Waals surface area (Å²) in [7, 11) is 0. The van der Waals surface area contributed by atoms with E-state index in [1.807, 2.05) is 36.4 Å². The van der Waals surface area contributed by atoms with Gasteiger partial charge in [-0.3, -0.25) is 0 Å². The number of carbonyl (C=O) groups is 1. The third-order valence-corrected chi connectivity index (χ3v) is 4.62. The lowest BCUT2D eigenvalue weighted by Crippen LogP contribution is -2.03. The van der Waals surface area contributed by atoms with E-state index in [0.717, 1.165) is 42.9 Å². The molecular formula is C26H34O4. The second kappa shape index (κ2) is 14.3. The highest BCUT2D eigenvalue weighted by Gasteiger charge is 2.02. The van der Waals surface area contributed by atoms with Crippen molar-refractivity contribution in [3.05, 3.63) is 60.2 Å². The minimum Gasteiger partial charge on any atom is -0.494 e. The minimum atomic E-state index is -0.415. The number of unbranched alkanes of at least 4 members (excludes halogenated alkanes) is 5. The predicted molar refractivity (Wildman–Crippen MR) is 122 cm³/mol. The van der Waals surface area contributed by atoms with Gasteiger partial charge < -0.3 is 14.2 Å². The normalized spacial score (nSPS) is 10.9. The molecule has 4 nitrogen and oxygen atoms in total. The highest BCUT2D eigenvalue weighted by atomic mass is 16.5. The van der Waals surface area contributed by atoms with Gasteiger partial charge in [0.15, 0.2) is 0 Å². The summed E-state index contributed by atoms with van der Waals surface area (Å²) < 4.78 is 16.7. The molecule has 0 fully saturated rings. The van der Waals surface area contributed by atoms with E-state index >= 15 is 0 Å². The third kappa shape index (κ3) is 9.64. The standard InChI is InChI=1S/C26H34O4/c1-3-5-7-8-9-21-29-23-13-10-22(11-14-23)12-19-26(27)30-25-17-15-24(16-18-25)28-20-6-4-2/h10-19H,3-9,20-21H2,1-2H3. The SMILES string of the molecule is CCCCCCCOc1ccc(C=CC(=O)Oc2ccc(OCCCC)cc2)cc1. The van der Waals surface area contributed by atoms with Gasteiger partial charge in [0.2, 0.25) is 0 Å². The summed E-state index contributed by atoms with van der Waals surface area (Å²) in [6, 6.07) is 14.8. The van der Waals surface area contributed by atoms with Crippen molar-refractivity contribution in [1.82, 2.24) is 0 Å². The molecule has 4 heteroatoms. The molecule has 0 atom stereocenters. The molecule has 0 spiro atoms. The van der Waals surface area contributed by atoms with E-state index in [-0.39, 0.29) is 0 Å². The molecule has 0 aliphatic heterocycles. The molecule has 0 unspecified atom stereocenters. The zero-order valence-electron chi connectivity index (χ0n) is 18.3. The fourth-order valence-corrected chi connectivity index (χ4v) is 2.82. The summed E-state index contributed by atoms with van der Waals surface area (Å²) in [6.45, 7) is 5.78. The summed E-state index contributed by atoms with van der Waals surface area (Å²) in [6.07, 6.45) is 11.4. The van der Waals surface area contributed by atoms with Crippen LogP contribution >= 0.6 is 0 Å². The van der Waals surface area contributed by atoms with Gasteiger partial charge in [-0.15, -0.1) is 0 Å². The largest absolute Gasteiger partial charge is 0.494 e. The van der Waals surface area contributed by atoms with Crippen molar-refractivity contribution in [1.29, 1.82) is 0 Å². The Bertz CT molecular complexity index is 748. The summed E-state index contributed by atoms with van der Waals surface area (Å²) >= 11 is 0. The molecule has 0 saturated heterocycles. The van der Waals surface area contributed by atoms with Gasteiger partial charge in [0.25, 0.3) is 0 Å². The Morgan fingerprint density at radius 2 is 1.23 bits per heavy atom. The van der Waals surface area contributed by atoms with Crippen molar-refractivity contribution in [3.63, 3.8) is 0 Å². The Morgan fingerprint density at radius 3 is 1.87 bits per heavy atom. The van der Waals surface area contributed by atoms with Gasteiger partial charge in [-0.25, -0.2) is 4.79 Å². The van der Waals surface area contributed by atoms with Gasteiger partial charge in [-0.05, 0) is 60.9 Å². The van der Waals surface area contributed by atoms with E-state index in [1.54, 1.807) is 18.2 Å². The van der Waals surface area contributed by atoms with E-state index in [1.165, 1.54) is 31.8 Å². The Kier molecular flexibility index (Phi) is 11.2.